The lowest BCUT2D eigenvalue weighted by molar-refractivity contribution is 0.0992. The molecular formula is C23H19F2N3O5S. The number of amides is 2. The zero-order valence-corrected chi connectivity index (χ0v) is 18.9. The van der Waals surface area contributed by atoms with E-state index in [1.54, 1.807) is 37.3 Å². The van der Waals surface area contributed by atoms with Crippen molar-refractivity contribution >= 4 is 39.1 Å². The summed E-state index contributed by atoms with van der Waals surface area (Å²) in [6.45, 7) is 1.63. The summed E-state index contributed by atoms with van der Waals surface area (Å²) in [5.74, 6) is -0.0718. The van der Waals surface area contributed by atoms with E-state index in [1.807, 2.05) is 0 Å². The topological polar surface area (TPSA) is 117 Å². The van der Waals surface area contributed by atoms with E-state index in [-0.39, 0.29) is 27.8 Å². The van der Waals surface area contributed by atoms with Crippen LogP contribution in [0.2, 0.25) is 0 Å². The number of nitrogens with zero attached hydrogens (tertiary/aromatic N) is 1. The Balaban J connectivity index is 1.57. The molecule has 0 unspecified atom stereocenters. The number of para-hydroxylation sites is 2. The fraction of sp³-hybridized carbons (Fsp3) is 0.174. The Kier molecular flexibility index (Phi) is 6.46. The van der Waals surface area contributed by atoms with Gasteiger partial charge in [0, 0.05) is 5.39 Å². The van der Waals surface area contributed by atoms with Crippen molar-refractivity contribution in [1.29, 1.82) is 0 Å². The van der Waals surface area contributed by atoms with E-state index >= 15 is 0 Å². The summed E-state index contributed by atoms with van der Waals surface area (Å²) in [6, 6.07) is 11.3. The van der Waals surface area contributed by atoms with Crippen LogP contribution in [-0.2, 0) is 6.61 Å². The van der Waals surface area contributed by atoms with Crippen molar-refractivity contribution < 1.29 is 32.3 Å². The van der Waals surface area contributed by atoms with Gasteiger partial charge in [0.1, 0.15) is 27.8 Å². The number of carbonyl (C=O) groups excluding carboxylic acids is 2. The maximum atomic E-state index is 13.1. The van der Waals surface area contributed by atoms with Crippen molar-refractivity contribution in [3.63, 3.8) is 0 Å². The van der Waals surface area contributed by atoms with Crippen LogP contribution in [0.4, 0.5) is 14.5 Å². The van der Waals surface area contributed by atoms with Gasteiger partial charge in [0.25, 0.3) is 18.2 Å². The Morgan fingerprint density at radius 3 is 2.62 bits per heavy atom. The average molecular weight is 487 g/mol. The number of pyridine rings is 1. The number of thiophene rings is 1. The molecule has 4 aromatic rings. The van der Waals surface area contributed by atoms with Gasteiger partial charge in [0.15, 0.2) is 17.3 Å². The van der Waals surface area contributed by atoms with E-state index in [0.29, 0.717) is 28.2 Å². The number of rotatable bonds is 8. The van der Waals surface area contributed by atoms with Crippen LogP contribution < -0.4 is 20.5 Å². The summed E-state index contributed by atoms with van der Waals surface area (Å²) in [5, 5.41) is 2.98. The molecule has 8 nitrogen and oxygen atoms in total. The van der Waals surface area contributed by atoms with Gasteiger partial charge in [0.05, 0.1) is 12.8 Å². The van der Waals surface area contributed by atoms with E-state index in [4.69, 9.17) is 19.6 Å². The first-order chi connectivity index (χ1) is 16.3. The lowest BCUT2D eigenvalue weighted by Crippen LogP contribution is -2.16. The number of nitrogens with two attached hydrogens (primary N) is 1. The van der Waals surface area contributed by atoms with E-state index in [0.717, 1.165) is 11.3 Å². The number of primary amides is 1. The summed E-state index contributed by atoms with van der Waals surface area (Å²) >= 11 is 0.833. The van der Waals surface area contributed by atoms with E-state index in [1.165, 1.54) is 19.2 Å². The first-order valence-electron chi connectivity index (χ1n) is 9.96. The Hall–Kier alpha value is -3.99. The summed E-state index contributed by atoms with van der Waals surface area (Å²) in [6.07, 6.45) is -2.78. The largest absolute Gasteiger partial charge is 0.493 e. The van der Waals surface area contributed by atoms with Gasteiger partial charge in [-0.15, -0.1) is 11.3 Å². The number of alkyl halides is 2. The first kappa shape index (κ1) is 23.2. The number of halogens is 2. The normalized spacial score (nSPS) is 11.1. The zero-order chi connectivity index (χ0) is 24.4. The molecule has 0 spiro atoms. The Morgan fingerprint density at radius 1 is 1.21 bits per heavy atom. The second-order valence-corrected chi connectivity index (χ2v) is 8.17. The second kappa shape index (κ2) is 9.48. The molecule has 2 amide bonds. The number of furan rings is 1. The van der Waals surface area contributed by atoms with Gasteiger partial charge in [-0.2, -0.15) is 0 Å². The molecule has 176 valence electrons. The Bertz CT molecular complexity index is 1380. The average Bonchev–Trinajstić information content (AvgIpc) is 3.43. The molecule has 0 radical (unpaired) electrons. The molecule has 11 heteroatoms. The van der Waals surface area contributed by atoms with Gasteiger partial charge in [-0.05, 0) is 42.8 Å². The third kappa shape index (κ3) is 4.55. The molecule has 1 aromatic carbocycles. The Morgan fingerprint density at radius 2 is 1.94 bits per heavy atom. The molecule has 4 rings (SSSR count). The number of carbonyl (C=O) groups is 2. The maximum Gasteiger partial charge on any atom is 0.291 e. The van der Waals surface area contributed by atoms with E-state index < -0.39 is 23.9 Å². The summed E-state index contributed by atoms with van der Waals surface area (Å²) in [7, 11) is 1.53. The van der Waals surface area contributed by atoms with Gasteiger partial charge >= 0.3 is 0 Å². The highest BCUT2D eigenvalue weighted by Crippen LogP contribution is 2.38. The molecule has 0 saturated carbocycles. The standard InChI is InChI=1S/C23H19F2N3O5S/c1-11-9-13(20(24)25)27-23-17(11)18(19(34-23)21(26)29)28-22(30)16-8-7-12(33-16)10-32-15-6-4-3-5-14(15)31-2/h3-9,20H,10H2,1-2H3,(H2,26,29)(H,28,30). The minimum Gasteiger partial charge on any atom is -0.493 e. The van der Waals surface area contributed by atoms with Gasteiger partial charge in [0.2, 0.25) is 0 Å². The van der Waals surface area contributed by atoms with Crippen molar-refractivity contribution in [1.82, 2.24) is 4.98 Å². The molecule has 0 aliphatic heterocycles. The Labute approximate surface area is 196 Å². The molecule has 0 bridgehead atoms. The summed E-state index contributed by atoms with van der Waals surface area (Å²) < 4.78 is 42.8. The van der Waals surface area contributed by atoms with Crippen molar-refractivity contribution in [2.24, 2.45) is 5.73 Å². The van der Waals surface area contributed by atoms with Crippen LogP contribution in [0.25, 0.3) is 10.2 Å². The minimum atomic E-state index is -2.78. The number of methoxy groups -OCH3 is 1. The molecule has 3 heterocycles. The lowest BCUT2D eigenvalue weighted by Gasteiger charge is -2.09. The predicted octanol–water partition coefficient (Wildman–Crippen LogP) is 5.07. The van der Waals surface area contributed by atoms with E-state index in [9.17, 15) is 18.4 Å². The van der Waals surface area contributed by atoms with Crippen molar-refractivity contribution in [2.45, 2.75) is 20.0 Å². The number of ether oxygens (including phenoxy) is 2. The van der Waals surface area contributed by atoms with Crippen LogP contribution in [0.15, 0.2) is 46.9 Å². The molecule has 0 fully saturated rings. The van der Waals surface area contributed by atoms with E-state index in [2.05, 4.69) is 10.3 Å². The number of anilines is 1. The number of nitrogens with one attached hydrogen (secondary N) is 1. The molecule has 0 atom stereocenters. The van der Waals surface area contributed by atoms with Gasteiger partial charge in [-0.1, -0.05) is 12.1 Å². The molecule has 3 aromatic heterocycles. The summed E-state index contributed by atoms with van der Waals surface area (Å²) in [4.78, 5) is 28.9. The van der Waals surface area contributed by atoms with Gasteiger partial charge < -0.3 is 24.9 Å². The number of fused-ring (bicyclic) bond motifs is 1. The van der Waals surface area contributed by atoms with Gasteiger partial charge in [-0.25, -0.2) is 13.8 Å². The number of hydrogen-bond acceptors (Lipinski definition) is 7. The van der Waals surface area contributed by atoms with Crippen molar-refractivity contribution in [2.75, 3.05) is 12.4 Å². The monoisotopic (exact) mass is 487 g/mol. The molecule has 0 saturated heterocycles. The van der Waals surface area contributed by atoms with Crippen molar-refractivity contribution in [3.8, 4) is 11.5 Å². The van der Waals surface area contributed by atoms with Crippen LogP contribution in [0.3, 0.4) is 0 Å². The highest BCUT2D eigenvalue weighted by Gasteiger charge is 2.24. The van der Waals surface area contributed by atoms with Crippen LogP contribution >= 0.6 is 11.3 Å². The SMILES string of the molecule is COc1ccccc1OCc1ccc(C(=O)Nc2c(C(N)=O)sc3nc(C(F)F)cc(C)c23)o1. The highest BCUT2D eigenvalue weighted by atomic mass is 32.1. The highest BCUT2D eigenvalue weighted by molar-refractivity contribution is 7.21. The first-order valence-corrected chi connectivity index (χ1v) is 10.8. The molecule has 0 aliphatic rings. The predicted molar refractivity (Wildman–Crippen MR) is 122 cm³/mol. The quantitative estimate of drug-likeness (QED) is 0.358. The van der Waals surface area contributed by atoms with Gasteiger partial charge in [-0.3, -0.25) is 9.59 Å². The molecule has 3 N–H and O–H groups in total. The number of aromatic nitrogens is 1. The zero-order valence-electron chi connectivity index (χ0n) is 18.1. The smallest absolute Gasteiger partial charge is 0.291 e. The van der Waals surface area contributed by atoms with Crippen LogP contribution in [-0.4, -0.2) is 23.9 Å². The fourth-order valence-corrected chi connectivity index (χ4v) is 4.42. The molecule has 0 aliphatic carbocycles. The number of benzene rings is 1. The lowest BCUT2D eigenvalue weighted by atomic mass is 10.1. The maximum absolute atomic E-state index is 13.1. The molecule has 34 heavy (non-hydrogen) atoms. The number of aryl methyl sites for hydroxylation is 1. The van der Waals surface area contributed by atoms with Crippen LogP contribution in [0.1, 0.15) is 43.7 Å². The number of hydrogen-bond donors (Lipinski definition) is 2. The third-order valence-electron chi connectivity index (χ3n) is 4.89. The second-order valence-electron chi connectivity index (χ2n) is 7.17. The minimum absolute atomic E-state index is 0.00310. The summed E-state index contributed by atoms with van der Waals surface area (Å²) in [5.41, 5.74) is 5.56. The fourth-order valence-electron chi connectivity index (χ4n) is 3.35. The van der Waals surface area contributed by atoms with Crippen molar-refractivity contribution in [3.05, 3.63) is 70.1 Å². The molecular weight excluding hydrogens is 468 g/mol. The van der Waals surface area contributed by atoms with Crippen LogP contribution in [0, 0.1) is 6.92 Å². The van der Waals surface area contributed by atoms with Crippen LogP contribution in [0.5, 0.6) is 11.5 Å². The third-order valence-corrected chi connectivity index (χ3v) is 5.99.